The zero-order valence-corrected chi connectivity index (χ0v) is 15.1. The van der Waals surface area contributed by atoms with Crippen LogP contribution in [0.25, 0.3) is 0 Å². The minimum Gasteiger partial charge on any atom is -0.484 e. The van der Waals surface area contributed by atoms with Gasteiger partial charge in [0, 0.05) is 0 Å². The van der Waals surface area contributed by atoms with Crippen LogP contribution < -0.4 is 20.5 Å². The van der Waals surface area contributed by atoms with Gasteiger partial charge in [0.2, 0.25) is 5.91 Å². The van der Waals surface area contributed by atoms with Crippen LogP contribution in [0.3, 0.4) is 0 Å². The topological polar surface area (TPSA) is 90.7 Å². The van der Waals surface area contributed by atoms with Crippen molar-refractivity contribution < 1.29 is 19.1 Å². The molecule has 0 saturated heterocycles. The van der Waals surface area contributed by atoms with E-state index in [0.717, 1.165) is 5.75 Å². The molecule has 0 saturated carbocycles. The lowest BCUT2D eigenvalue weighted by molar-refractivity contribution is -0.128. The number of ether oxygens (including phenoxy) is 2. The van der Waals surface area contributed by atoms with E-state index in [1.54, 1.807) is 48.5 Å². The molecule has 0 aromatic heterocycles. The first kappa shape index (κ1) is 19.0. The van der Waals surface area contributed by atoms with E-state index in [4.69, 9.17) is 15.2 Å². The lowest BCUT2D eigenvalue weighted by Gasteiger charge is -2.16. The van der Waals surface area contributed by atoms with Gasteiger partial charge in [0.05, 0.1) is 0 Å². The zero-order chi connectivity index (χ0) is 19.8. The Labute approximate surface area is 162 Å². The molecule has 3 aromatic carbocycles. The van der Waals surface area contributed by atoms with Gasteiger partial charge in [0.1, 0.15) is 23.3 Å². The highest BCUT2D eigenvalue weighted by Gasteiger charge is 2.20. The molecule has 0 bridgehead atoms. The number of primary amides is 1. The minimum absolute atomic E-state index is 0.241. The van der Waals surface area contributed by atoms with Crippen LogP contribution in [-0.2, 0) is 9.59 Å². The number of amides is 2. The van der Waals surface area contributed by atoms with Gasteiger partial charge in [-0.15, -0.1) is 0 Å². The van der Waals surface area contributed by atoms with E-state index >= 15 is 0 Å². The van der Waals surface area contributed by atoms with Crippen molar-refractivity contribution in [1.82, 2.24) is 5.32 Å². The van der Waals surface area contributed by atoms with E-state index in [0.29, 0.717) is 17.1 Å². The van der Waals surface area contributed by atoms with E-state index in [9.17, 15) is 9.59 Å². The maximum Gasteiger partial charge on any atom is 0.258 e. The summed E-state index contributed by atoms with van der Waals surface area (Å²) < 4.78 is 11.2. The highest BCUT2D eigenvalue weighted by Crippen LogP contribution is 2.23. The number of benzene rings is 3. The summed E-state index contributed by atoms with van der Waals surface area (Å²) in [6, 6.07) is 24.2. The third-order valence-corrected chi connectivity index (χ3v) is 3.90. The highest BCUT2D eigenvalue weighted by molar-refractivity contribution is 5.88. The largest absolute Gasteiger partial charge is 0.484 e. The summed E-state index contributed by atoms with van der Waals surface area (Å²) in [6.45, 7) is -0.241. The SMILES string of the molecule is NC(=O)C(NC(=O)COc1ccc(Oc2ccccc2)cc1)c1ccccc1. The molecule has 3 rings (SSSR count). The Hall–Kier alpha value is -3.80. The second-order valence-electron chi connectivity index (χ2n) is 5.99. The molecule has 28 heavy (non-hydrogen) atoms. The van der Waals surface area contributed by atoms with Gasteiger partial charge in [-0.25, -0.2) is 0 Å². The summed E-state index contributed by atoms with van der Waals surface area (Å²) >= 11 is 0. The molecule has 0 aliphatic rings. The van der Waals surface area contributed by atoms with Crippen molar-refractivity contribution in [1.29, 1.82) is 0 Å². The van der Waals surface area contributed by atoms with E-state index < -0.39 is 17.9 Å². The third-order valence-electron chi connectivity index (χ3n) is 3.90. The molecule has 0 heterocycles. The second kappa shape index (κ2) is 9.23. The van der Waals surface area contributed by atoms with Crippen LogP contribution in [-0.4, -0.2) is 18.4 Å². The molecule has 6 heteroatoms. The van der Waals surface area contributed by atoms with E-state index in [1.165, 1.54) is 0 Å². The van der Waals surface area contributed by atoms with Crippen LogP contribution in [0, 0.1) is 0 Å². The number of carbonyl (C=O) groups is 2. The van der Waals surface area contributed by atoms with Crippen molar-refractivity contribution in [2.24, 2.45) is 5.73 Å². The molecule has 0 fully saturated rings. The maximum absolute atomic E-state index is 12.1. The van der Waals surface area contributed by atoms with Gasteiger partial charge in [0.25, 0.3) is 5.91 Å². The summed E-state index contributed by atoms with van der Waals surface area (Å²) in [5.74, 6) is 0.806. The predicted octanol–water partition coefficient (Wildman–Crippen LogP) is 3.20. The quantitative estimate of drug-likeness (QED) is 0.632. The van der Waals surface area contributed by atoms with Crippen molar-refractivity contribution in [3.05, 3.63) is 90.5 Å². The Kier molecular flexibility index (Phi) is 6.25. The summed E-state index contributed by atoms with van der Waals surface area (Å²) in [5, 5.41) is 2.58. The smallest absolute Gasteiger partial charge is 0.258 e. The van der Waals surface area contributed by atoms with E-state index in [1.807, 2.05) is 36.4 Å². The van der Waals surface area contributed by atoms with Crippen LogP contribution in [0.2, 0.25) is 0 Å². The first-order chi connectivity index (χ1) is 13.6. The maximum atomic E-state index is 12.1. The van der Waals surface area contributed by atoms with Crippen molar-refractivity contribution in [2.45, 2.75) is 6.04 Å². The number of rotatable bonds is 8. The Bertz CT molecular complexity index is 912. The molecule has 0 spiro atoms. The molecule has 142 valence electrons. The molecule has 1 atom stereocenters. The fraction of sp³-hybridized carbons (Fsp3) is 0.0909. The fourth-order valence-corrected chi connectivity index (χ4v) is 2.54. The van der Waals surface area contributed by atoms with Crippen molar-refractivity contribution in [3.8, 4) is 17.2 Å². The van der Waals surface area contributed by atoms with E-state index in [-0.39, 0.29) is 6.61 Å². The normalized spacial score (nSPS) is 11.3. The van der Waals surface area contributed by atoms with E-state index in [2.05, 4.69) is 5.32 Å². The van der Waals surface area contributed by atoms with Crippen LogP contribution in [0.15, 0.2) is 84.9 Å². The second-order valence-corrected chi connectivity index (χ2v) is 5.99. The number of nitrogens with one attached hydrogen (secondary N) is 1. The first-order valence-electron chi connectivity index (χ1n) is 8.71. The number of nitrogens with two attached hydrogens (primary N) is 1. The summed E-state index contributed by atoms with van der Waals surface area (Å²) in [4.78, 5) is 23.8. The van der Waals surface area contributed by atoms with Gasteiger partial charge >= 0.3 is 0 Å². The third kappa shape index (κ3) is 5.35. The fourth-order valence-electron chi connectivity index (χ4n) is 2.54. The average molecular weight is 376 g/mol. The average Bonchev–Trinajstić information content (AvgIpc) is 2.73. The van der Waals surface area contributed by atoms with Gasteiger partial charge in [-0.1, -0.05) is 48.5 Å². The van der Waals surface area contributed by atoms with Gasteiger partial charge in [-0.3, -0.25) is 9.59 Å². The lowest BCUT2D eigenvalue weighted by atomic mass is 10.1. The van der Waals surface area contributed by atoms with Crippen LogP contribution in [0.1, 0.15) is 11.6 Å². The van der Waals surface area contributed by atoms with Crippen molar-refractivity contribution in [2.75, 3.05) is 6.61 Å². The molecule has 2 amide bonds. The summed E-state index contributed by atoms with van der Waals surface area (Å²) in [5.41, 5.74) is 6.01. The van der Waals surface area contributed by atoms with Gasteiger partial charge in [-0.2, -0.15) is 0 Å². The first-order valence-corrected chi connectivity index (χ1v) is 8.71. The Morgan fingerprint density at radius 3 is 1.93 bits per heavy atom. The molecule has 1 unspecified atom stereocenters. The molecular weight excluding hydrogens is 356 g/mol. The minimum atomic E-state index is -0.904. The van der Waals surface area contributed by atoms with Crippen LogP contribution in [0.4, 0.5) is 0 Å². The molecule has 0 aliphatic carbocycles. The van der Waals surface area contributed by atoms with Gasteiger partial charge < -0.3 is 20.5 Å². The van der Waals surface area contributed by atoms with Crippen LogP contribution >= 0.6 is 0 Å². The molecule has 0 radical (unpaired) electrons. The monoisotopic (exact) mass is 376 g/mol. The highest BCUT2D eigenvalue weighted by atomic mass is 16.5. The Morgan fingerprint density at radius 1 is 0.786 bits per heavy atom. The Morgan fingerprint density at radius 2 is 1.32 bits per heavy atom. The molecule has 3 aromatic rings. The molecular formula is C22H20N2O4. The standard InChI is InChI=1S/C22H20N2O4/c23-22(26)21(16-7-3-1-4-8-16)24-20(25)15-27-17-11-13-19(14-12-17)28-18-9-5-2-6-10-18/h1-14,21H,15H2,(H2,23,26)(H,24,25). The van der Waals surface area contributed by atoms with Crippen LogP contribution in [0.5, 0.6) is 17.2 Å². The summed E-state index contributed by atoms with van der Waals surface area (Å²) in [7, 11) is 0. The van der Waals surface area contributed by atoms with Gasteiger partial charge in [0.15, 0.2) is 6.61 Å². The molecule has 6 nitrogen and oxygen atoms in total. The predicted molar refractivity (Wildman–Crippen MR) is 105 cm³/mol. The number of carbonyl (C=O) groups excluding carboxylic acids is 2. The van der Waals surface area contributed by atoms with Crippen molar-refractivity contribution >= 4 is 11.8 Å². The Balaban J connectivity index is 1.53. The zero-order valence-electron chi connectivity index (χ0n) is 15.1. The molecule has 0 aliphatic heterocycles. The number of hydrogen-bond acceptors (Lipinski definition) is 4. The lowest BCUT2D eigenvalue weighted by Crippen LogP contribution is -2.39. The summed E-state index contributed by atoms with van der Waals surface area (Å²) in [6.07, 6.45) is 0. The number of para-hydroxylation sites is 1. The molecule has 3 N–H and O–H groups in total. The van der Waals surface area contributed by atoms with Crippen molar-refractivity contribution in [3.63, 3.8) is 0 Å². The van der Waals surface area contributed by atoms with Gasteiger partial charge in [-0.05, 0) is 42.0 Å². The number of hydrogen-bond donors (Lipinski definition) is 2.